The van der Waals surface area contributed by atoms with Crippen molar-refractivity contribution in [3.63, 3.8) is 0 Å². The molecule has 0 fully saturated rings. The maximum Gasteiger partial charge on any atom is 0.229 e. The quantitative estimate of drug-likeness (QED) is 0.892. The summed E-state index contributed by atoms with van der Waals surface area (Å²) in [5, 5.41) is 2.88. The molecule has 1 aliphatic rings. The van der Waals surface area contributed by atoms with Crippen LogP contribution in [0.15, 0.2) is 42.6 Å². The van der Waals surface area contributed by atoms with E-state index in [1.807, 2.05) is 18.2 Å². The van der Waals surface area contributed by atoms with E-state index >= 15 is 0 Å². The highest BCUT2D eigenvalue weighted by atomic mass is 16.1. The molecule has 0 aliphatic heterocycles. The summed E-state index contributed by atoms with van der Waals surface area (Å²) in [6.07, 6.45) is 3.31. The van der Waals surface area contributed by atoms with Crippen LogP contribution in [0.3, 0.4) is 0 Å². The third-order valence-corrected chi connectivity index (χ3v) is 3.73. The molecule has 3 N–H and O–H groups in total. The molecule has 102 valence electrons. The Hall–Kier alpha value is -2.20. The van der Waals surface area contributed by atoms with Crippen LogP contribution in [0.2, 0.25) is 0 Å². The first-order chi connectivity index (χ1) is 9.76. The number of pyridine rings is 1. The summed E-state index contributed by atoms with van der Waals surface area (Å²) >= 11 is 0. The number of nitrogens with one attached hydrogen (secondary N) is 1. The first kappa shape index (κ1) is 12.8. The minimum atomic E-state index is 0.00313. The lowest BCUT2D eigenvalue weighted by Crippen LogP contribution is -2.23. The standard InChI is InChI=1S/C16H17N3O/c17-9-11-5-6-15(18-10-11)19-16(20)14-7-12-3-1-2-4-13(12)8-14/h1-6,10,14H,7-9,17H2,(H,18,19,20). The molecule has 2 aromatic rings. The fourth-order valence-corrected chi connectivity index (χ4v) is 2.59. The van der Waals surface area contributed by atoms with Gasteiger partial charge in [0, 0.05) is 18.7 Å². The lowest BCUT2D eigenvalue weighted by Gasteiger charge is -2.10. The van der Waals surface area contributed by atoms with Crippen LogP contribution in [0.5, 0.6) is 0 Å². The van der Waals surface area contributed by atoms with E-state index in [0.29, 0.717) is 12.4 Å². The molecule has 1 heterocycles. The number of rotatable bonds is 3. The fraction of sp³-hybridized carbons (Fsp3) is 0.250. The van der Waals surface area contributed by atoms with E-state index in [-0.39, 0.29) is 11.8 Å². The molecule has 0 spiro atoms. The van der Waals surface area contributed by atoms with E-state index in [4.69, 9.17) is 5.73 Å². The average Bonchev–Trinajstić information content (AvgIpc) is 2.92. The molecule has 0 saturated carbocycles. The third-order valence-electron chi connectivity index (χ3n) is 3.73. The van der Waals surface area contributed by atoms with E-state index in [0.717, 1.165) is 18.4 Å². The predicted molar refractivity (Wildman–Crippen MR) is 78.1 cm³/mol. The van der Waals surface area contributed by atoms with Crippen molar-refractivity contribution in [3.8, 4) is 0 Å². The Morgan fingerprint density at radius 2 is 1.90 bits per heavy atom. The SMILES string of the molecule is NCc1ccc(NC(=O)C2Cc3ccccc3C2)nc1. The van der Waals surface area contributed by atoms with E-state index in [1.54, 1.807) is 12.3 Å². The maximum absolute atomic E-state index is 12.3. The molecule has 0 saturated heterocycles. The monoisotopic (exact) mass is 267 g/mol. The number of anilines is 1. The van der Waals surface area contributed by atoms with Crippen LogP contribution in [0.1, 0.15) is 16.7 Å². The number of nitrogens with two attached hydrogens (primary N) is 1. The second-order valence-electron chi connectivity index (χ2n) is 5.12. The van der Waals surface area contributed by atoms with Gasteiger partial charge in [-0.2, -0.15) is 0 Å². The zero-order valence-electron chi connectivity index (χ0n) is 11.2. The second-order valence-corrected chi connectivity index (χ2v) is 5.12. The normalized spacial score (nSPS) is 14.1. The lowest BCUT2D eigenvalue weighted by atomic mass is 10.1. The Kier molecular flexibility index (Phi) is 3.48. The van der Waals surface area contributed by atoms with Crippen LogP contribution in [0, 0.1) is 5.92 Å². The average molecular weight is 267 g/mol. The van der Waals surface area contributed by atoms with Crippen molar-refractivity contribution in [2.75, 3.05) is 5.32 Å². The van der Waals surface area contributed by atoms with Gasteiger partial charge >= 0.3 is 0 Å². The molecule has 1 aromatic carbocycles. The van der Waals surface area contributed by atoms with Gasteiger partial charge in [0.25, 0.3) is 0 Å². The first-order valence-corrected chi connectivity index (χ1v) is 6.79. The Bertz CT molecular complexity index is 597. The summed E-state index contributed by atoms with van der Waals surface area (Å²) in [4.78, 5) is 16.5. The molecule has 4 nitrogen and oxygen atoms in total. The first-order valence-electron chi connectivity index (χ1n) is 6.79. The molecule has 0 radical (unpaired) electrons. The number of benzene rings is 1. The largest absolute Gasteiger partial charge is 0.326 e. The minimum Gasteiger partial charge on any atom is -0.326 e. The highest BCUT2D eigenvalue weighted by Gasteiger charge is 2.27. The molecule has 0 atom stereocenters. The van der Waals surface area contributed by atoms with Crippen molar-refractivity contribution < 1.29 is 4.79 Å². The van der Waals surface area contributed by atoms with Crippen LogP contribution in [-0.4, -0.2) is 10.9 Å². The number of fused-ring (bicyclic) bond motifs is 1. The van der Waals surface area contributed by atoms with Crippen LogP contribution in [0.25, 0.3) is 0 Å². The van der Waals surface area contributed by atoms with Crippen LogP contribution >= 0.6 is 0 Å². The minimum absolute atomic E-state index is 0.00313. The summed E-state index contributed by atoms with van der Waals surface area (Å²) in [5.74, 6) is 0.626. The van der Waals surface area contributed by atoms with E-state index < -0.39 is 0 Å². The van der Waals surface area contributed by atoms with Gasteiger partial charge in [0.15, 0.2) is 0 Å². The van der Waals surface area contributed by atoms with Crippen molar-refractivity contribution in [2.24, 2.45) is 11.7 Å². The Labute approximate surface area is 118 Å². The van der Waals surface area contributed by atoms with E-state index in [1.165, 1.54) is 11.1 Å². The van der Waals surface area contributed by atoms with Crippen molar-refractivity contribution in [3.05, 3.63) is 59.3 Å². The number of hydrogen-bond acceptors (Lipinski definition) is 3. The molecule has 1 aliphatic carbocycles. The zero-order valence-corrected chi connectivity index (χ0v) is 11.2. The molecular formula is C16H17N3O. The number of amides is 1. The van der Waals surface area contributed by atoms with Gasteiger partial charge in [-0.1, -0.05) is 30.3 Å². The van der Waals surface area contributed by atoms with Gasteiger partial charge in [-0.25, -0.2) is 4.98 Å². The maximum atomic E-state index is 12.3. The molecule has 20 heavy (non-hydrogen) atoms. The van der Waals surface area contributed by atoms with Crippen molar-refractivity contribution >= 4 is 11.7 Å². The van der Waals surface area contributed by atoms with Gasteiger partial charge in [0.2, 0.25) is 5.91 Å². The molecule has 0 bridgehead atoms. The smallest absolute Gasteiger partial charge is 0.229 e. The summed E-state index contributed by atoms with van der Waals surface area (Å²) in [6.45, 7) is 0.458. The molecule has 3 rings (SSSR count). The number of carbonyl (C=O) groups excluding carboxylic acids is 1. The van der Waals surface area contributed by atoms with Crippen molar-refractivity contribution in [2.45, 2.75) is 19.4 Å². The van der Waals surface area contributed by atoms with Crippen LogP contribution in [-0.2, 0) is 24.2 Å². The molecule has 0 unspecified atom stereocenters. The van der Waals surface area contributed by atoms with Crippen LogP contribution in [0.4, 0.5) is 5.82 Å². The fourth-order valence-electron chi connectivity index (χ4n) is 2.59. The second kappa shape index (κ2) is 5.43. The summed E-state index contributed by atoms with van der Waals surface area (Å²) in [7, 11) is 0. The van der Waals surface area contributed by atoms with E-state index in [2.05, 4.69) is 22.4 Å². The van der Waals surface area contributed by atoms with Crippen LogP contribution < -0.4 is 11.1 Å². The lowest BCUT2D eigenvalue weighted by molar-refractivity contribution is -0.119. The Morgan fingerprint density at radius 1 is 1.20 bits per heavy atom. The molecule has 1 aromatic heterocycles. The number of aromatic nitrogens is 1. The summed E-state index contributed by atoms with van der Waals surface area (Å²) < 4.78 is 0. The summed E-state index contributed by atoms with van der Waals surface area (Å²) in [6, 6.07) is 11.9. The number of carbonyl (C=O) groups is 1. The van der Waals surface area contributed by atoms with Gasteiger partial charge in [-0.15, -0.1) is 0 Å². The van der Waals surface area contributed by atoms with Crippen molar-refractivity contribution in [1.29, 1.82) is 0 Å². The molecular weight excluding hydrogens is 250 g/mol. The number of hydrogen-bond donors (Lipinski definition) is 2. The topological polar surface area (TPSA) is 68.0 Å². The molecule has 1 amide bonds. The Morgan fingerprint density at radius 3 is 2.45 bits per heavy atom. The predicted octanol–water partition coefficient (Wildman–Crippen LogP) is 1.89. The number of nitrogens with zero attached hydrogens (tertiary/aromatic N) is 1. The van der Waals surface area contributed by atoms with Crippen molar-refractivity contribution in [1.82, 2.24) is 4.98 Å². The van der Waals surface area contributed by atoms with Gasteiger partial charge in [-0.3, -0.25) is 4.79 Å². The summed E-state index contributed by atoms with van der Waals surface area (Å²) in [5.41, 5.74) is 9.03. The zero-order chi connectivity index (χ0) is 13.9. The Balaban J connectivity index is 1.66. The van der Waals surface area contributed by atoms with Gasteiger partial charge in [0.05, 0.1) is 0 Å². The van der Waals surface area contributed by atoms with E-state index in [9.17, 15) is 4.79 Å². The van der Waals surface area contributed by atoms with Gasteiger partial charge in [0.1, 0.15) is 5.82 Å². The van der Waals surface area contributed by atoms with Gasteiger partial charge < -0.3 is 11.1 Å². The highest BCUT2D eigenvalue weighted by molar-refractivity contribution is 5.92. The van der Waals surface area contributed by atoms with Gasteiger partial charge in [-0.05, 0) is 35.6 Å². The third kappa shape index (κ3) is 2.56. The highest BCUT2D eigenvalue weighted by Crippen LogP contribution is 2.27. The molecule has 4 heteroatoms.